The molecular weight excluding hydrogens is 284 g/mol. The van der Waals surface area contributed by atoms with E-state index >= 15 is 0 Å². The van der Waals surface area contributed by atoms with Crippen LogP contribution in [0.25, 0.3) is 11.0 Å². The number of rotatable bonds is 1. The lowest BCUT2D eigenvalue weighted by Crippen LogP contribution is -2.52. The van der Waals surface area contributed by atoms with Gasteiger partial charge in [-0.2, -0.15) is 0 Å². The fourth-order valence-electron chi connectivity index (χ4n) is 2.63. The summed E-state index contributed by atoms with van der Waals surface area (Å²) in [6.07, 6.45) is 0. The minimum absolute atomic E-state index is 0.0379. The van der Waals surface area contributed by atoms with E-state index in [9.17, 15) is 9.59 Å². The Bertz CT molecular complexity index is 717. The van der Waals surface area contributed by atoms with Crippen LogP contribution in [0.4, 0.5) is 4.79 Å². The third-order valence-corrected chi connectivity index (χ3v) is 3.93. The molecule has 116 valence electrons. The van der Waals surface area contributed by atoms with Crippen molar-refractivity contribution in [2.75, 3.05) is 33.2 Å². The van der Waals surface area contributed by atoms with Crippen LogP contribution in [-0.2, 0) is 7.05 Å². The highest BCUT2D eigenvalue weighted by molar-refractivity contribution is 5.97. The summed E-state index contributed by atoms with van der Waals surface area (Å²) in [7, 11) is 3.42. The van der Waals surface area contributed by atoms with Gasteiger partial charge in [0, 0.05) is 45.8 Å². The molecule has 0 spiro atoms. The number of aryl methyl sites for hydroxylation is 1. The Morgan fingerprint density at radius 3 is 2.50 bits per heavy atom. The first-order chi connectivity index (χ1) is 10.6. The maximum atomic E-state index is 12.5. The normalized spacial score (nSPS) is 15.2. The van der Waals surface area contributed by atoms with Crippen LogP contribution >= 0.6 is 0 Å². The molecule has 1 saturated heterocycles. The predicted molar refractivity (Wildman–Crippen MR) is 80.4 cm³/mol. The summed E-state index contributed by atoms with van der Waals surface area (Å²) >= 11 is 0. The molecule has 1 aliphatic rings. The molecule has 3 amide bonds. The minimum atomic E-state index is -0.104. The summed E-state index contributed by atoms with van der Waals surface area (Å²) in [4.78, 5) is 27.6. The summed E-state index contributed by atoms with van der Waals surface area (Å²) in [6, 6.07) is 5.30. The average Bonchev–Trinajstić information content (AvgIpc) is 2.94. The van der Waals surface area contributed by atoms with Crippen LogP contribution in [0.1, 0.15) is 10.4 Å². The molecule has 0 atom stereocenters. The van der Waals surface area contributed by atoms with E-state index in [0.29, 0.717) is 37.3 Å². The van der Waals surface area contributed by atoms with E-state index in [4.69, 9.17) is 0 Å². The van der Waals surface area contributed by atoms with E-state index in [1.165, 1.54) is 0 Å². The van der Waals surface area contributed by atoms with Crippen molar-refractivity contribution in [2.45, 2.75) is 0 Å². The molecule has 0 unspecified atom stereocenters. The number of piperazine rings is 1. The zero-order valence-corrected chi connectivity index (χ0v) is 12.6. The highest BCUT2D eigenvalue weighted by Crippen LogP contribution is 2.15. The van der Waals surface area contributed by atoms with Gasteiger partial charge in [-0.1, -0.05) is 5.21 Å². The lowest BCUT2D eigenvalue weighted by molar-refractivity contribution is 0.0666. The number of carbonyl (C=O) groups excluding carboxylic acids is 2. The second-order valence-electron chi connectivity index (χ2n) is 5.25. The Kier molecular flexibility index (Phi) is 3.66. The molecule has 1 N–H and O–H groups in total. The Labute approximate surface area is 127 Å². The molecule has 0 radical (unpaired) electrons. The fraction of sp³-hybridized carbons (Fsp3) is 0.429. The first-order valence-electron chi connectivity index (χ1n) is 7.15. The number of nitrogens with one attached hydrogen (secondary N) is 1. The number of benzene rings is 1. The highest BCUT2D eigenvalue weighted by atomic mass is 16.2. The number of aromatic nitrogens is 3. The average molecular weight is 302 g/mol. The van der Waals surface area contributed by atoms with Crippen molar-refractivity contribution in [1.82, 2.24) is 30.1 Å². The van der Waals surface area contributed by atoms with Gasteiger partial charge in [-0.05, 0) is 18.2 Å². The van der Waals surface area contributed by atoms with Crippen LogP contribution in [0.3, 0.4) is 0 Å². The number of nitrogens with zero attached hydrogens (tertiary/aromatic N) is 5. The summed E-state index contributed by atoms with van der Waals surface area (Å²) in [5.41, 5.74) is 2.19. The fourth-order valence-corrected chi connectivity index (χ4v) is 2.63. The number of fused-ring (bicyclic) bond motifs is 1. The van der Waals surface area contributed by atoms with Crippen molar-refractivity contribution in [3.05, 3.63) is 23.8 Å². The van der Waals surface area contributed by atoms with Crippen molar-refractivity contribution >= 4 is 23.0 Å². The van der Waals surface area contributed by atoms with Crippen molar-refractivity contribution < 1.29 is 9.59 Å². The van der Waals surface area contributed by atoms with E-state index in [1.807, 2.05) is 13.1 Å². The molecule has 8 heteroatoms. The molecule has 3 rings (SSSR count). The predicted octanol–water partition coefficient (Wildman–Crippen LogP) is 0.0655. The van der Waals surface area contributed by atoms with Crippen molar-refractivity contribution in [2.24, 2.45) is 7.05 Å². The first-order valence-corrected chi connectivity index (χ1v) is 7.15. The highest BCUT2D eigenvalue weighted by Gasteiger charge is 2.24. The van der Waals surface area contributed by atoms with Crippen LogP contribution < -0.4 is 5.32 Å². The van der Waals surface area contributed by atoms with Crippen LogP contribution in [-0.4, -0.2) is 70.0 Å². The van der Waals surface area contributed by atoms with Gasteiger partial charge in [0.05, 0.1) is 5.52 Å². The Balaban J connectivity index is 1.72. The van der Waals surface area contributed by atoms with E-state index in [2.05, 4.69) is 15.6 Å². The van der Waals surface area contributed by atoms with E-state index < -0.39 is 0 Å². The maximum absolute atomic E-state index is 12.5. The Morgan fingerprint density at radius 1 is 1.14 bits per heavy atom. The monoisotopic (exact) mass is 302 g/mol. The Morgan fingerprint density at radius 2 is 1.82 bits per heavy atom. The zero-order valence-electron chi connectivity index (χ0n) is 12.6. The van der Waals surface area contributed by atoms with E-state index in [1.54, 1.807) is 33.7 Å². The molecule has 2 heterocycles. The van der Waals surface area contributed by atoms with Crippen molar-refractivity contribution in [1.29, 1.82) is 0 Å². The topological polar surface area (TPSA) is 83.4 Å². The summed E-state index contributed by atoms with van der Waals surface area (Å²) in [5, 5.41) is 10.6. The smallest absolute Gasteiger partial charge is 0.317 e. The summed E-state index contributed by atoms with van der Waals surface area (Å²) < 4.78 is 1.67. The molecule has 0 bridgehead atoms. The molecule has 8 nitrogen and oxygen atoms in total. The third kappa shape index (κ3) is 2.47. The lowest BCUT2D eigenvalue weighted by atomic mass is 10.1. The standard InChI is InChI=1S/C14H18N6O2/c1-15-14(22)20-7-5-19(6-8-20)13(21)10-3-4-12-11(9-10)16-17-18(12)2/h3-4,9H,5-8H2,1-2H3,(H,15,22). The van der Waals surface area contributed by atoms with Gasteiger partial charge in [-0.25, -0.2) is 9.48 Å². The third-order valence-electron chi connectivity index (χ3n) is 3.93. The number of hydrogen-bond donors (Lipinski definition) is 1. The van der Waals surface area contributed by atoms with E-state index in [-0.39, 0.29) is 11.9 Å². The molecule has 22 heavy (non-hydrogen) atoms. The number of carbonyl (C=O) groups is 2. The molecule has 1 aromatic heterocycles. The van der Waals surface area contributed by atoms with E-state index in [0.717, 1.165) is 5.52 Å². The second-order valence-corrected chi connectivity index (χ2v) is 5.25. The van der Waals surface area contributed by atoms with Crippen LogP contribution in [0.5, 0.6) is 0 Å². The Hall–Kier alpha value is -2.64. The number of amides is 3. The first kappa shape index (κ1) is 14.3. The van der Waals surface area contributed by atoms with Crippen LogP contribution in [0.2, 0.25) is 0 Å². The SMILES string of the molecule is CNC(=O)N1CCN(C(=O)c2ccc3c(c2)nnn3C)CC1. The molecule has 1 aliphatic heterocycles. The largest absolute Gasteiger partial charge is 0.341 e. The summed E-state index contributed by atoms with van der Waals surface area (Å²) in [6.45, 7) is 2.15. The lowest BCUT2D eigenvalue weighted by Gasteiger charge is -2.34. The van der Waals surface area contributed by atoms with Crippen LogP contribution in [0, 0.1) is 0 Å². The van der Waals surface area contributed by atoms with Gasteiger partial charge < -0.3 is 15.1 Å². The zero-order chi connectivity index (χ0) is 15.7. The van der Waals surface area contributed by atoms with Crippen LogP contribution in [0.15, 0.2) is 18.2 Å². The van der Waals surface area contributed by atoms with Gasteiger partial charge in [-0.3, -0.25) is 4.79 Å². The van der Waals surface area contributed by atoms with Gasteiger partial charge in [0.1, 0.15) is 5.52 Å². The maximum Gasteiger partial charge on any atom is 0.317 e. The molecule has 0 saturated carbocycles. The number of urea groups is 1. The molecule has 1 fully saturated rings. The molecule has 2 aromatic rings. The second kappa shape index (κ2) is 5.63. The van der Waals surface area contributed by atoms with Crippen molar-refractivity contribution in [3.63, 3.8) is 0 Å². The van der Waals surface area contributed by atoms with Gasteiger partial charge in [0.15, 0.2) is 0 Å². The minimum Gasteiger partial charge on any atom is -0.341 e. The van der Waals surface area contributed by atoms with Crippen molar-refractivity contribution in [3.8, 4) is 0 Å². The van der Waals surface area contributed by atoms with Gasteiger partial charge in [-0.15, -0.1) is 5.10 Å². The molecular formula is C14H18N6O2. The summed E-state index contributed by atoms with van der Waals surface area (Å²) in [5.74, 6) is -0.0379. The molecule has 1 aromatic carbocycles. The quantitative estimate of drug-likeness (QED) is 0.808. The van der Waals surface area contributed by atoms with Gasteiger partial charge in [0.25, 0.3) is 5.91 Å². The van der Waals surface area contributed by atoms with Gasteiger partial charge in [0.2, 0.25) is 0 Å². The molecule has 0 aliphatic carbocycles. The van der Waals surface area contributed by atoms with Gasteiger partial charge >= 0.3 is 6.03 Å². The number of hydrogen-bond acceptors (Lipinski definition) is 4.